The Kier molecular flexibility index (Phi) is 5.73. The summed E-state index contributed by atoms with van der Waals surface area (Å²) in [5, 5.41) is 5.95. The van der Waals surface area contributed by atoms with Crippen LogP contribution in [0.15, 0.2) is 39.1 Å². The maximum Gasteiger partial charge on any atom is 0.237 e. The molecule has 7 nitrogen and oxygen atoms in total. The fraction of sp³-hybridized carbons (Fsp3) is 0.235. The van der Waals surface area contributed by atoms with E-state index < -0.39 is 0 Å². The van der Waals surface area contributed by atoms with Crippen LogP contribution in [-0.4, -0.2) is 29.6 Å². The highest BCUT2D eigenvalue weighted by atomic mass is 16.3. The molecule has 24 heavy (non-hydrogen) atoms. The van der Waals surface area contributed by atoms with Crippen LogP contribution in [-0.2, 0) is 11.3 Å². The van der Waals surface area contributed by atoms with Crippen molar-refractivity contribution in [2.75, 3.05) is 7.05 Å². The normalized spacial score (nSPS) is 13.9. The van der Waals surface area contributed by atoms with Crippen LogP contribution in [0.4, 0.5) is 0 Å². The van der Waals surface area contributed by atoms with Gasteiger partial charge in [-0.15, -0.1) is 0 Å². The Hall–Kier alpha value is -3.09. The fourth-order valence-electron chi connectivity index (χ4n) is 2.19. The summed E-state index contributed by atoms with van der Waals surface area (Å²) in [4.78, 5) is 14.9. The minimum atomic E-state index is -0.282. The van der Waals surface area contributed by atoms with Crippen molar-refractivity contribution in [1.82, 2.24) is 9.99 Å². The zero-order valence-electron chi connectivity index (χ0n) is 14.0. The van der Waals surface area contributed by atoms with Crippen molar-refractivity contribution >= 4 is 30.1 Å². The molecule has 0 atom stereocenters. The predicted octanol–water partition coefficient (Wildman–Crippen LogP) is 0.167. The predicted molar refractivity (Wildman–Crippen MR) is 95.1 cm³/mol. The van der Waals surface area contributed by atoms with E-state index in [1.165, 1.54) is 13.2 Å². The van der Waals surface area contributed by atoms with Gasteiger partial charge in [0.1, 0.15) is 12.0 Å². The van der Waals surface area contributed by atoms with E-state index in [9.17, 15) is 4.79 Å². The van der Waals surface area contributed by atoms with Gasteiger partial charge in [-0.25, -0.2) is 5.43 Å². The third kappa shape index (κ3) is 4.22. The Bertz CT molecular complexity index is 886. The third-order valence-electron chi connectivity index (χ3n) is 3.34. The first-order valence-electron chi connectivity index (χ1n) is 7.46. The molecule has 2 aromatic heterocycles. The molecule has 0 saturated heterocycles. The average Bonchev–Trinajstić information content (AvgIpc) is 3.18. The maximum atomic E-state index is 10.9. The van der Waals surface area contributed by atoms with E-state index in [0.29, 0.717) is 12.1 Å². The average molecular weight is 327 g/mol. The third-order valence-corrected chi connectivity index (χ3v) is 3.34. The van der Waals surface area contributed by atoms with Gasteiger partial charge in [0.25, 0.3) is 0 Å². The minimum absolute atomic E-state index is 0.195. The molecule has 1 amide bonds. The molecule has 0 aliphatic heterocycles. The van der Waals surface area contributed by atoms with Crippen LogP contribution >= 0.6 is 0 Å². The number of nitrogens with one attached hydrogen (secondary N) is 1. The van der Waals surface area contributed by atoms with Crippen molar-refractivity contribution in [2.45, 2.75) is 20.4 Å². The van der Waals surface area contributed by atoms with Gasteiger partial charge in [-0.05, 0) is 30.4 Å². The highest BCUT2D eigenvalue weighted by molar-refractivity contribution is 5.97. The SMILES string of the molecule is C/C=c1/ccn(Cc2cc(C(N)=NNC(C)=O)co2)/c1=C/C=NC. The smallest absolute Gasteiger partial charge is 0.237 e. The summed E-state index contributed by atoms with van der Waals surface area (Å²) < 4.78 is 7.60. The van der Waals surface area contributed by atoms with E-state index in [4.69, 9.17) is 10.2 Å². The Morgan fingerprint density at radius 3 is 2.96 bits per heavy atom. The van der Waals surface area contributed by atoms with Crippen LogP contribution in [0.2, 0.25) is 0 Å². The molecule has 0 aliphatic carbocycles. The van der Waals surface area contributed by atoms with E-state index in [1.54, 1.807) is 19.3 Å². The van der Waals surface area contributed by atoms with Gasteiger partial charge in [-0.2, -0.15) is 5.10 Å². The van der Waals surface area contributed by atoms with Crippen LogP contribution in [0.25, 0.3) is 12.2 Å². The van der Waals surface area contributed by atoms with Gasteiger partial charge in [0.15, 0.2) is 5.84 Å². The van der Waals surface area contributed by atoms with Gasteiger partial charge in [-0.1, -0.05) is 6.08 Å². The van der Waals surface area contributed by atoms with Gasteiger partial charge in [0.2, 0.25) is 5.91 Å². The van der Waals surface area contributed by atoms with Crippen molar-refractivity contribution in [3.05, 3.63) is 46.5 Å². The second-order valence-corrected chi connectivity index (χ2v) is 5.11. The first-order chi connectivity index (χ1) is 11.5. The number of hydrogen-bond donors (Lipinski definition) is 2. The van der Waals surface area contributed by atoms with E-state index >= 15 is 0 Å². The topological polar surface area (TPSA) is 97.9 Å². The number of carbonyl (C=O) groups excluding carboxylic acids is 1. The Balaban J connectivity index is 2.26. The summed E-state index contributed by atoms with van der Waals surface area (Å²) in [5.74, 6) is 0.641. The zero-order chi connectivity index (χ0) is 17.5. The number of furan rings is 1. The number of hydrogen-bond acceptors (Lipinski definition) is 4. The van der Waals surface area contributed by atoms with Crippen LogP contribution in [0.5, 0.6) is 0 Å². The molecule has 0 fully saturated rings. The zero-order valence-corrected chi connectivity index (χ0v) is 14.0. The lowest BCUT2D eigenvalue weighted by molar-refractivity contribution is -0.118. The van der Waals surface area contributed by atoms with Crippen molar-refractivity contribution in [1.29, 1.82) is 0 Å². The highest BCUT2D eigenvalue weighted by Crippen LogP contribution is 2.08. The maximum absolute atomic E-state index is 10.9. The lowest BCUT2D eigenvalue weighted by Gasteiger charge is -2.00. The molecule has 7 heteroatoms. The summed E-state index contributed by atoms with van der Waals surface area (Å²) in [7, 11) is 1.73. The standard InChI is InChI=1S/C17H21N5O2/c1-4-13-6-8-22(16(13)5-7-19-3)10-15-9-14(11-24-15)17(18)21-20-12(2)23/h4-9,11H,10H2,1-3H3,(H2,18,21)(H,20,23)/b13-4-,16-5+,19-7?. The van der Waals surface area contributed by atoms with Gasteiger partial charge in [0, 0.05) is 31.7 Å². The Morgan fingerprint density at radius 1 is 1.50 bits per heavy atom. The summed E-state index contributed by atoms with van der Waals surface area (Å²) in [6, 6.07) is 3.83. The number of amidine groups is 1. The minimum Gasteiger partial charge on any atom is -0.467 e. The first kappa shape index (κ1) is 17.3. The molecule has 3 N–H and O–H groups in total. The van der Waals surface area contributed by atoms with Gasteiger partial charge in [0.05, 0.1) is 12.1 Å². The number of rotatable bonds is 5. The van der Waals surface area contributed by atoms with Crippen LogP contribution in [0.3, 0.4) is 0 Å². The van der Waals surface area contributed by atoms with E-state index in [1.807, 2.05) is 31.3 Å². The van der Waals surface area contributed by atoms with E-state index in [-0.39, 0.29) is 11.7 Å². The number of amides is 1. The molecule has 0 bridgehead atoms. The second kappa shape index (κ2) is 7.96. The fourth-order valence-corrected chi connectivity index (χ4v) is 2.19. The molecule has 0 aliphatic rings. The number of carbonyl (C=O) groups is 1. The molecule has 2 heterocycles. The summed E-state index contributed by atoms with van der Waals surface area (Å²) in [5.41, 5.74) is 8.73. The number of hydrazone groups is 1. The molecule has 2 rings (SSSR count). The van der Waals surface area contributed by atoms with Gasteiger partial charge >= 0.3 is 0 Å². The first-order valence-corrected chi connectivity index (χ1v) is 7.46. The highest BCUT2D eigenvalue weighted by Gasteiger charge is 2.07. The Labute approximate surface area is 139 Å². The molecule has 0 unspecified atom stereocenters. The molecular weight excluding hydrogens is 306 g/mol. The van der Waals surface area contributed by atoms with Crippen molar-refractivity contribution < 1.29 is 9.21 Å². The lowest BCUT2D eigenvalue weighted by Crippen LogP contribution is -2.29. The molecule has 126 valence electrons. The lowest BCUT2D eigenvalue weighted by atomic mass is 10.3. The Morgan fingerprint density at radius 2 is 2.29 bits per heavy atom. The molecule has 0 aromatic carbocycles. The largest absolute Gasteiger partial charge is 0.467 e. The monoisotopic (exact) mass is 327 g/mol. The number of nitrogens with two attached hydrogens (primary N) is 1. The number of aromatic nitrogens is 1. The van der Waals surface area contributed by atoms with Crippen molar-refractivity contribution in [3.8, 4) is 0 Å². The molecule has 0 spiro atoms. The quantitative estimate of drug-likeness (QED) is 0.465. The molecular formula is C17H21N5O2. The summed E-state index contributed by atoms with van der Waals surface area (Å²) in [6.45, 7) is 3.90. The summed E-state index contributed by atoms with van der Waals surface area (Å²) >= 11 is 0. The van der Waals surface area contributed by atoms with Gasteiger partial charge < -0.3 is 14.7 Å². The number of aliphatic imine (C=N–C) groups is 1. The van der Waals surface area contributed by atoms with Crippen LogP contribution < -0.4 is 21.7 Å². The van der Waals surface area contributed by atoms with E-state index in [0.717, 1.165) is 16.3 Å². The van der Waals surface area contributed by atoms with Crippen LogP contribution in [0.1, 0.15) is 25.2 Å². The number of nitrogens with zero attached hydrogens (tertiary/aromatic N) is 3. The molecule has 0 saturated carbocycles. The van der Waals surface area contributed by atoms with Crippen molar-refractivity contribution in [2.24, 2.45) is 15.8 Å². The molecule has 2 aromatic rings. The van der Waals surface area contributed by atoms with Crippen molar-refractivity contribution in [3.63, 3.8) is 0 Å². The van der Waals surface area contributed by atoms with Gasteiger partial charge in [-0.3, -0.25) is 9.79 Å². The molecule has 0 radical (unpaired) electrons. The summed E-state index contributed by atoms with van der Waals surface area (Å²) in [6.07, 6.45) is 9.25. The van der Waals surface area contributed by atoms with Crippen LogP contribution in [0, 0.1) is 0 Å². The van der Waals surface area contributed by atoms with E-state index in [2.05, 4.69) is 20.1 Å². The second-order valence-electron chi connectivity index (χ2n) is 5.11.